The fourth-order valence-electron chi connectivity index (χ4n) is 11.1. The Morgan fingerprint density at radius 2 is 1.05 bits per heavy atom. The third kappa shape index (κ3) is 14.3. The summed E-state index contributed by atoms with van der Waals surface area (Å²) in [5.74, 6) is 0.437. The number of carbonyl (C=O) groups excluding carboxylic acids is 1. The van der Waals surface area contributed by atoms with E-state index in [9.17, 15) is 9.90 Å². The van der Waals surface area contributed by atoms with Crippen molar-refractivity contribution in [1.82, 2.24) is 9.97 Å². The van der Waals surface area contributed by atoms with E-state index in [4.69, 9.17) is 5.48 Å². The molecule has 4 nitrogen and oxygen atoms in total. The average Bonchev–Trinajstić information content (AvgIpc) is 0.848. The minimum Gasteiger partial charge on any atom is -0.512 e. The Hall–Kier alpha value is -4.78. The zero-order valence-electron chi connectivity index (χ0n) is 55.1. The van der Waals surface area contributed by atoms with Crippen LogP contribution in [-0.2, 0) is 50.6 Å². The largest absolute Gasteiger partial charge is 0.512 e. The maximum Gasteiger partial charge on any atom is 0.164 e. The monoisotopic (exact) mass is 1290 g/mol. The van der Waals surface area contributed by atoms with Gasteiger partial charge in [-0.3, -0.25) is 14.8 Å². The van der Waals surface area contributed by atoms with Gasteiger partial charge in [0.15, 0.2) is 5.78 Å². The number of aromatic nitrogens is 2. The summed E-state index contributed by atoms with van der Waals surface area (Å²) in [6.45, 7) is 39.3. The molecular formula is C73H88IrN2O2S2-2. The molecule has 0 aliphatic carbocycles. The van der Waals surface area contributed by atoms with E-state index in [0.717, 1.165) is 116 Å². The molecule has 1 N–H and O–H groups in total. The molecule has 10 rings (SSSR count). The number of nitrogens with zero attached hydrogens (tertiary/aromatic N) is 2. The van der Waals surface area contributed by atoms with Gasteiger partial charge in [-0.1, -0.05) is 199 Å². The van der Waals surface area contributed by atoms with Crippen LogP contribution in [0.1, 0.15) is 177 Å². The summed E-state index contributed by atoms with van der Waals surface area (Å²) in [5.41, 5.74) is 10.1. The van der Waals surface area contributed by atoms with Gasteiger partial charge in [0.25, 0.3) is 0 Å². The van der Waals surface area contributed by atoms with Crippen LogP contribution in [-0.4, -0.2) is 20.9 Å². The molecule has 0 saturated heterocycles. The van der Waals surface area contributed by atoms with Crippen molar-refractivity contribution >= 4 is 72.4 Å². The van der Waals surface area contributed by atoms with Crippen LogP contribution in [0, 0.1) is 52.0 Å². The summed E-state index contributed by atoms with van der Waals surface area (Å²) < 4.78 is 34.2. The molecule has 2 aromatic heterocycles. The fraction of sp³-hybridized carbons (Fsp3) is 0.438. The first-order valence-corrected chi connectivity index (χ1v) is 30.4. The number of hydrogen-bond acceptors (Lipinski definition) is 6. The summed E-state index contributed by atoms with van der Waals surface area (Å²) in [4.78, 5) is 26.1. The Balaban J connectivity index is 0.000000192. The molecule has 0 saturated carbocycles. The Labute approximate surface area is 508 Å². The van der Waals surface area contributed by atoms with E-state index in [2.05, 4.69) is 179 Å². The molecule has 0 spiro atoms. The van der Waals surface area contributed by atoms with Crippen molar-refractivity contribution in [1.29, 1.82) is 0 Å². The number of aliphatic hydroxyl groups excluding tert-OH is 1. The number of carbonyl (C=O) groups is 1. The average molecular weight is 1290 g/mol. The molecule has 2 aliphatic rings. The van der Waals surface area contributed by atoms with Gasteiger partial charge in [0.2, 0.25) is 0 Å². The summed E-state index contributed by atoms with van der Waals surface area (Å²) in [7, 11) is 0. The van der Waals surface area contributed by atoms with Crippen LogP contribution in [0.25, 0.3) is 65.6 Å². The molecule has 0 amide bonds. The molecule has 0 unspecified atom stereocenters. The third-order valence-electron chi connectivity index (χ3n) is 15.4. The van der Waals surface area contributed by atoms with Gasteiger partial charge in [-0.15, -0.1) is 58.6 Å². The van der Waals surface area contributed by atoms with Crippen LogP contribution < -0.4 is 0 Å². The number of benzene rings is 6. The first-order valence-electron chi connectivity index (χ1n) is 30.8. The standard InChI is InChI=1S/C30H32NS.C29H30NS.C14H26O2.Ir/c1-18-8-9-22-21(12-18)15-23-27-26-20(10-11-31-27)13-19(16-29(2,3)4)14-25(26)32-28(23)24(22)17-30(5,6)7;1-28(2,3)16-18-13-20-11-12-30-26-22-15-19-9-7-8-10-21(19)23(17-29(4,5)6)27(22)31-24(14-18)25(20)26;1-6-11(7-2)12(15)10-13(16)14(5,8-3)9-4;/h8-14H,16-17H2,1-7H3;7-14H,16-17H2,1-6H3;10-11,15H,6-9H2,1-5H3;/q2*-1;;/b;;12-10-;/i10D,11D;11D,12D;;. The third-order valence-corrected chi connectivity index (χ3v) is 17.8. The predicted octanol–water partition coefficient (Wildman–Crippen LogP) is 21.6. The molecule has 4 heterocycles. The van der Waals surface area contributed by atoms with Crippen LogP contribution in [0.4, 0.5) is 0 Å². The van der Waals surface area contributed by atoms with Gasteiger partial charge >= 0.3 is 0 Å². The van der Waals surface area contributed by atoms with Crippen LogP contribution in [0.3, 0.4) is 0 Å². The number of pyridine rings is 2. The molecule has 7 heteroatoms. The first kappa shape index (κ1) is 57.1. The zero-order valence-corrected chi connectivity index (χ0v) is 55.1. The van der Waals surface area contributed by atoms with Gasteiger partial charge in [-0.05, 0) is 147 Å². The molecule has 0 fully saturated rings. The van der Waals surface area contributed by atoms with Crippen LogP contribution in [0.15, 0.2) is 123 Å². The minimum atomic E-state index is -0.319. The van der Waals surface area contributed by atoms with Crippen LogP contribution in [0.5, 0.6) is 0 Å². The number of aryl methyl sites for hydroxylation is 1. The first-order chi connectivity index (χ1) is 38.7. The minimum absolute atomic E-state index is 0. The quantitative estimate of drug-likeness (QED) is 0.0791. The Kier molecular flexibility index (Phi) is 17.5. The fourth-order valence-corrected chi connectivity index (χ4v) is 13.7. The van der Waals surface area contributed by atoms with E-state index in [0.29, 0.717) is 0 Å². The smallest absolute Gasteiger partial charge is 0.164 e. The number of fused-ring (bicyclic) bond motifs is 6. The predicted molar refractivity (Wildman–Crippen MR) is 341 cm³/mol. The van der Waals surface area contributed by atoms with Crippen molar-refractivity contribution in [3.63, 3.8) is 0 Å². The Morgan fingerprint density at radius 3 is 1.49 bits per heavy atom. The molecule has 0 bridgehead atoms. The second kappa shape index (κ2) is 24.6. The maximum atomic E-state index is 12.0. The number of ketones is 1. The number of aliphatic hydroxyl groups is 1. The number of hydrogen-bond donors (Lipinski definition) is 1. The van der Waals surface area contributed by atoms with Gasteiger partial charge in [0, 0.05) is 71.0 Å². The molecule has 8 aromatic rings. The second-order valence-corrected chi connectivity index (χ2v) is 29.6. The topological polar surface area (TPSA) is 63.1 Å². The van der Waals surface area contributed by atoms with Crippen molar-refractivity contribution in [3.05, 3.63) is 143 Å². The van der Waals surface area contributed by atoms with E-state index in [1.807, 2.05) is 34.6 Å². The molecule has 2 aliphatic heterocycles. The summed E-state index contributed by atoms with van der Waals surface area (Å²) in [6, 6.07) is 31.7. The maximum absolute atomic E-state index is 12.0. The molecule has 1 radical (unpaired) electrons. The second-order valence-electron chi connectivity index (χ2n) is 27.5. The molecule has 0 atom stereocenters. The van der Waals surface area contributed by atoms with Crippen LogP contribution >= 0.6 is 23.5 Å². The summed E-state index contributed by atoms with van der Waals surface area (Å²) in [5, 5.41) is 18.2. The molecule has 425 valence electrons. The van der Waals surface area contributed by atoms with Crippen molar-refractivity contribution in [2.45, 2.75) is 196 Å². The van der Waals surface area contributed by atoms with E-state index in [-0.39, 0.29) is 89.1 Å². The Bertz CT molecular complexity index is 3850. The van der Waals surface area contributed by atoms with E-state index in [1.54, 1.807) is 23.5 Å². The SMILES string of the molecule is CCC(CC)/C(O)=C/C(=O)C(C)(CC)CC.[2H]c1nc2c3c(cc(CC(C)(C)C)cc3c1[2H])Sc1c-2[c-]c2cc(C)ccc2c1CC(C)(C)C.[2H]c1nc2c3c(cc(CC(C)(C)C)cc3c1[2H])Sc1c-2[c-]c2ccccc2c1CC(C)(C)C.[Ir]. The Morgan fingerprint density at radius 1 is 0.613 bits per heavy atom. The van der Waals surface area contributed by atoms with E-state index >= 15 is 0 Å². The number of rotatable bonds is 11. The van der Waals surface area contributed by atoms with Gasteiger partial charge in [0.1, 0.15) is 0 Å². The van der Waals surface area contributed by atoms with Crippen molar-refractivity contribution in [2.75, 3.05) is 0 Å². The zero-order chi connectivity index (χ0) is 61.1. The molecule has 80 heavy (non-hydrogen) atoms. The van der Waals surface area contributed by atoms with Crippen molar-refractivity contribution in [2.24, 2.45) is 33.0 Å². The molecule has 6 aromatic carbocycles. The van der Waals surface area contributed by atoms with E-state index < -0.39 is 0 Å². The molecular weight excluding hydrogens is 1190 g/mol. The van der Waals surface area contributed by atoms with E-state index in [1.165, 1.54) is 54.5 Å². The van der Waals surface area contributed by atoms with Crippen molar-refractivity contribution in [3.8, 4) is 22.5 Å². The number of allylic oxidation sites excluding steroid dienone is 2. The summed E-state index contributed by atoms with van der Waals surface area (Å²) >= 11 is 3.60. The van der Waals surface area contributed by atoms with Crippen LogP contribution in [0.2, 0.25) is 0 Å². The van der Waals surface area contributed by atoms with Gasteiger partial charge < -0.3 is 5.11 Å². The normalized spacial score (nSPS) is 14.1. The van der Waals surface area contributed by atoms with Gasteiger partial charge in [-0.25, -0.2) is 0 Å². The van der Waals surface area contributed by atoms with Crippen molar-refractivity contribution < 1.29 is 35.5 Å². The van der Waals surface area contributed by atoms with Gasteiger partial charge in [0.05, 0.1) is 11.2 Å². The van der Waals surface area contributed by atoms with Gasteiger partial charge in [-0.2, -0.15) is 0 Å². The summed E-state index contributed by atoms with van der Waals surface area (Å²) in [6.07, 6.45) is 8.64.